The van der Waals surface area contributed by atoms with Crippen LogP contribution in [0.1, 0.15) is 36.6 Å². The third-order valence-electron chi connectivity index (χ3n) is 4.40. The van der Waals surface area contributed by atoms with E-state index >= 15 is 0 Å². The van der Waals surface area contributed by atoms with E-state index in [4.69, 9.17) is 5.73 Å². The third-order valence-corrected chi connectivity index (χ3v) is 4.40. The van der Waals surface area contributed by atoms with Crippen molar-refractivity contribution in [3.63, 3.8) is 0 Å². The smallest absolute Gasteiger partial charge is 0.232 e. The molecule has 2 rings (SSSR count). The molecule has 4 heteroatoms. The second kappa shape index (κ2) is 5.37. The van der Waals surface area contributed by atoms with Gasteiger partial charge in [0.15, 0.2) is 0 Å². The maximum atomic E-state index is 12.1. The summed E-state index contributed by atoms with van der Waals surface area (Å²) in [4.78, 5) is 25.4. The van der Waals surface area contributed by atoms with Gasteiger partial charge in [-0.1, -0.05) is 32.0 Å². The van der Waals surface area contributed by atoms with Gasteiger partial charge in [0.1, 0.15) is 0 Å². The van der Waals surface area contributed by atoms with Gasteiger partial charge in [0.2, 0.25) is 11.8 Å². The molecule has 1 fully saturated rings. The summed E-state index contributed by atoms with van der Waals surface area (Å²) >= 11 is 0. The average molecular weight is 274 g/mol. The van der Waals surface area contributed by atoms with Gasteiger partial charge in [-0.2, -0.15) is 0 Å². The van der Waals surface area contributed by atoms with Crippen LogP contribution in [0.25, 0.3) is 0 Å². The molecule has 108 valence electrons. The summed E-state index contributed by atoms with van der Waals surface area (Å²) in [5.74, 6) is -0.701. The zero-order valence-electron chi connectivity index (χ0n) is 12.5. The molecule has 0 saturated carbocycles. The summed E-state index contributed by atoms with van der Waals surface area (Å²) in [5, 5.41) is 0. The topological polar surface area (TPSA) is 63.4 Å². The molecule has 20 heavy (non-hydrogen) atoms. The van der Waals surface area contributed by atoms with Gasteiger partial charge in [-0.05, 0) is 30.5 Å². The molecule has 2 N–H and O–H groups in total. The highest BCUT2D eigenvalue weighted by molar-refractivity contribution is 6.04. The highest BCUT2D eigenvalue weighted by atomic mass is 16.2. The summed E-state index contributed by atoms with van der Waals surface area (Å²) < 4.78 is 0. The SMILES string of the molecule is Cc1ccc(C(N)CN2C(=O)C(C)C(C)C2=O)cc1C. The van der Waals surface area contributed by atoms with Crippen molar-refractivity contribution in [1.29, 1.82) is 0 Å². The second-order valence-electron chi connectivity index (χ2n) is 5.81. The Bertz CT molecular complexity index is 533. The van der Waals surface area contributed by atoms with Crippen LogP contribution in [-0.4, -0.2) is 23.3 Å². The highest BCUT2D eigenvalue weighted by Gasteiger charge is 2.42. The minimum absolute atomic E-state index is 0.109. The lowest BCUT2D eigenvalue weighted by molar-refractivity contribution is -0.140. The van der Waals surface area contributed by atoms with E-state index in [1.54, 1.807) is 13.8 Å². The lowest BCUT2D eigenvalue weighted by atomic mass is 10.00. The van der Waals surface area contributed by atoms with E-state index < -0.39 is 0 Å². The molecule has 2 amide bonds. The molecule has 4 nitrogen and oxygen atoms in total. The zero-order chi connectivity index (χ0) is 15.0. The molecule has 0 radical (unpaired) electrons. The van der Waals surface area contributed by atoms with E-state index in [2.05, 4.69) is 0 Å². The van der Waals surface area contributed by atoms with Crippen LogP contribution >= 0.6 is 0 Å². The highest BCUT2D eigenvalue weighted by Crippen LogP contribution is 2.27. The first-order chi connectivity index (χ1) is 9.32. The van der Waals surface area contributed by atoms with Crippen molar-refractivity contribution in [2.75, 3.05) is 6.54 Å². The Kier molecular flexibility index (Phi) is 3.95. The fourth-order valence-corrected chi connectivity index (χ4v) is 2.51. The molecule has 3 unspecified atom stereocenters. The van der Waals surface area contributed by atoms with Crippen LogP contribution in [0.4, 0.5) is 0 Å². The summed E-state index contributed by atoms with van der Waals surface area (Å²) in [7, 11) is 0. The van der Waals surface area contributed by atoms with Crippen LogP contribution in [0.5, 0.6) is 0 Å². The second-order valence-corrected chi connectivity index (χ2v) is 5.81. The van der Waals surface area contributed by atoms with Crippen molar-refractivity contribution in [3.05, 3.63) is 34.9 Å². The Hall–Kier alpha value is -1.68. The number of likely N-dealkylation sites (tertiary alicyclic amines) is 1. The van der Waals surface area contributed by atoms with E-state index in [9.17, 15) is 9.59 Å². The summed E-state index contributed by atoms with van der Waals surface area (Å²) in [5.41, 5.74) is 9.49. The van der Waals surface area contributed by atoms with Gasteiger partial charge in [-0.3, -0.25) is 14.5 Å². The number of nitrogens with zero attached hydrogens (tertiary/aromatic N) is 1. The monoisotopic (exact) mass is 274 g/mol. The maximum Gasteiger partial charge on any atom is 0.232 e. The molecule has 1 aliphatic rings. The minimum Gasteiger partial charge on any atom is -0.322 e. The van der Waals surface area contributed by atoms with Gasteiger partial charge in [0.25, 0.3) is 0 Å². The van der Waals surface area contributed by atoms with Crippen molar-refractivity contribution in [2.24, 2.45) is 17.6 Å². The number of benzene rings is 1. The van der Waals surface area contributed by atoms with E-state index in [0.717, 1.165) is 5.56 Å². The zero-order valence-corrected chi connectivity index (χ0v) is 12.5. The van der Waals surface area contributed by atoms with Crippen molar-refractivity contribution in [1.82, 2.24) is 4.90 Å². The Morgan fingerprint density at radius 3 is 2.15 bits per heavy atom. The molecule has 1 aliphatic heterocycles. The molecule has 1 heterocycles. The first kappa shape index (κ1) is 14.7. The van der Waals surface area contributed by atoms with Crippen molar-refractivity contribution >= 4 is 11.8 Å². The number of nitrogens with two attached hydrogens (primary N) is 1. The van der Waals surface area contributed by atoms with Crippen LogP contribution in [-0.2, 0) is 9.59 Å². The minimum atomic E-state index is -0.334. The van der Waals surface area contributed by atoms with Gasteiger partial charge in [0.05, 0.1) is 0 Å². The standard InChI is InChI=1S/C16H22N2O2/c1-9-5-6-13(7-10(9)2)14(17)8-18-15(19)11(3)12(4)16(18)20/h5-7,11-12,14H,8,17H2,1-4H3. The number of aryl methyl sites for hydroxylation is 2. The van der Waals surface area contributed by atoms with E-state index in [0.29, 0.717) is 0 Å². The van der Waals surface area contributed by atoms with Crippen LogP contribution in [0.15, 0.2) is 18.2 Å². The number of carbonyl (C=O) groups excluding carboxylic acids is 2. The molecule has 1 saturated heterocycles. The predicted octanol–water partition coefficient (Wildman–Crippen LogP) is 1.94. The lowest BCUT2D eigenvalue weighted by Gasteiger charge is -2.20. The number of rotatable bonds is 3. The molecule has 0 aliphatic carbocycles. The molecule has 0 bridgehead atoms. The van der Waals surface area contributed by atoms with Gasteiger partial charge in [0, 0.05) is 24.4 Å². The summed E-state index contributed by atoms with van der Waals surface area (Å²) in [6, 6.07) is 5.67. The molecular weight excluding hydrogens is 252 g/mol. The number of amides is 2. The van der Waals surface area contributed by atoms with E-state index in [-0.39, 0.29) is 36.2 Å². The van der Waals surface area contributed by atoms with Gasteiger partial charge in [-0.25, -0.2) is 0 Å². The summed E-state index contributed by atoms with van der Waals surface area (Å²) in [6.07, 6.45) is 0. The largest absolute Gasteiger partial charge is 0.322 e. The van der Waals surface area contributed by atoms with Crippen LogP contribution in [0, 0.1) is 25.7 Å². The van der Waals surface area contributed by atoms with Gasteiger partial charge in [-0.15, -0.1) is 0 Å². The molecule has 1 aromatic rings. The predicted molar refractivity (Wildman–Crippen MR) is 77.9 cm³/mol. The van der Waals surface area contributed by atoms with Crippen LogP contribution in [0.2, 0.25) is 0 Å². The van der Waals surface area contributed by atoms with Crippen molar-refractivity contribution in [3.8, 4) is 0 Å². The van der Waals surface area contributed by atoms with Crippen molar-refractivity contribution in [2.45, 2.75) is 33.7 Å². The van der Waals surface area contributed by atoms with Crippen LogP contribution in [0.3, 0.4) is 0 Å². The lowest BCUT2D eigenvalue weighted by Crippen LogP contribution is -2.37. The third kappa shape index (κ3) is 2.48. The fraction of sp³-hybridized carbons (Fsp3) is 0.500. The Morgan fingerprint density at radius 1 is 1.10 bits per heavy atom. The number of hydrogen-bond acceptors (Lipinski definition) is 3. The normalized spacial score (nSPS) is 24.4. The molecule has 1 aromatic carbocycles. The quantitative estimate of drug-likeness (QED) is 0.857. The average Bonchev–Trinajstić information content (AvgIpc) is 2.59. The summed E-state index contributed by atoms with van der Waals surface area (Å²) in [6.45, 7) is 7.93. The first-order valence-electron chi connectivity index (χ1n) is 7.01. The fourth-order valence-electron chi connectivity index (χ4n) is 2.51. The van der Waals surface area contributed by atoms with Crippen LogP contribution < -0.4 is 5.73 Å². The Balaban J connectivity index is 2.15. The number of imide groups is 1. The number of hydrogen-bond donors (Lipinski definition) is 1. The van der Waals surface area contributed by atoms with Crippen molar-refractivity contribution < 1.29 is 9.59 Å². The molecule has 0 spiro atoms. The maximum absolute atomic E-state index is 12.1. The van der Waals surface area contributed by atoms with Gasteiger partial charge < -0.3 is 5.73 Å². The van der Waals surface area contributed by atoms with E-state index in [1.807, 2.05) is 32.0 Å². The molecular formula is C16H22N2O2. The Morgan fingerprint density at radius 2 is 1.65 bits per heavy atom. The Labute approximate surface area is 119 Å². The van der Waals surface area contributed by atoms with E-state index in [1.165, 1.54) is 16.0 Å². The first-order valence-corrected chi connectivity index (χ1v) is 7.01. The number of carbonyl (C=O) groups is 2. The molecule has 0 aromatic heterocycles. The van der Waals surface area contributed by atoms with Gasteiger partial charge >= 0.3 is 0 Å². The molecule has 3 atom stereocenters.